The molecule has 0 atom stereocenters. The molecule has 0 aromatic heterocycles. The first kappa shape index (κ1) is 23.1. The molecule has 0 spiro atoms. The molecule has 0 radical (unpaired) electrons. The van der Waals surface area contributed by atoms with Crippen molar-refractivity contribution in [3.05, 3.63) is 23.8 Å². The fourth-order valence-corrected chi connectivity index (χ4v) is 3.19. The molecule has 0 saturated carbocycles. The Balaban J connectivity index is 1.96. The molecule has 148 valence electrons. The van der Waals surface area contributed by atoms with Crippen LogP contribution in [-0.4, -0.2) is 81.1 Å². The van der Waals surface area contributed by atoms with Crippen LogP contribution in [0.5, 0.6) is 5.75 Å². The van der Waals surface area contributed by atoms with Crippen molar-refractivity contribution in [3.8, 4) is 5.75 Å². The molecule has 0 aliphatic carbocycles. The van der Waals surface area contributed by atoms with E-state index in [4.69, 9.17) is 19.3 Å². The van der Waals surface area contributed by atoms with Gasteiger partial charge in [-0.1, -0.05) is 0 Å². The van der Waals surface area contributed by atoms with Crippen LogP contribution in [0.1, 0.15) is 10.4 Å². The van der Waals surface area contributed by atoms with Gasteiger partial charge in [0.2, 0.25) is 0 Å². The summed E-state index contributed by atoms with van der Waals surface area (Å²) in [6, 6.07) is 5.35. The van der Waals surface area contributed by atoms with Crippen LogP contribution in [0.3, 0.4) is 0 Å². The number of anilines is 1. The topological polar surface area (TPSA) is 77.0 Å². The third kappa shape index (κ3) is 10.9. The highest BCUT2D eigenvalue weighted by Gasteiger charge is 2.03. The van der Waals surface area contributed by atoms with Gasteiger partial charge in [0.05, 0.1) is 45.3 Å². The Labute approximate surface area is 164 Å². The maximum atomic E-state index is 10.8. The van der Waals surface area contributed by atoms with Gasteiger partial charge < -0.3 is 24.6 Å². The van der Waals surface area contributed by atoms with Gasteiger partial charge in [-0.25, -0.2) is 0 Å². The monoisotopic (exact) mass is 403 g/mol. The molecular weight excluding hydrogens is 374 g/mol. The largest absolute Gasteiger partial charge is 0.491 e. The maximum absolute atomic E-state index is 10.8. The number of hydrogen-bond donors (Lipinski definition) is 2. The minimum Gasteiger partial charge on any atom is -0.491 e. The van der Waals surface area contributed by atoms with Crippen molar-refractivity contribution in [3.63, 3.8) is 0 Å². The molecule has 0 aliphatic rings. The van der Waals surface area contributed by atoms with Gasteiger partial charge in [-0.15, -0.1) is 0 Å². The SMILES string of the molecule is CNc1ccc(C=O)cc1OCCSCCOCCOCCSCCO. The predicted molar refractivity (Wildman–Crippen MR) is 110 cm³/mol. The van der Waals surface area contributed by atoms with Gasteiger partial charge >= 0.3 is 0 Å². The quantitative estimate of drug-likeness (QED) is 0.303. The Kier molecular flexibility index (Phi) is 14.5. The molecular formula is C18H29NO5S2. The Bertz CT molecular complexity index is 491. The lowest BCUT2D eigenvalue weighted by Crippen LogP contribution is -2.09. The smallest absolute Gasteiger partial charge is 0.150 e. The molecule has 0 heterocycles. The molecule has 0 amide bonds. The van der Waals surface area contributed by atoms with Crippen molar-refractivity contribution < 1.29 is 24.1 Å². The number of hydrogen-bond acceptors (Lipinski definition) is 8. The number of carbonyl (C=O) groups excluding carboxylic acids is 1. The Morgan fingerprint density at radius 2 is 1.65 bits per heavy atom. The van der Waals surface area contributed by atoms with E-state index >= 15 is 0 Å². The highest BCUT2D eigenvalue weighted by molar-refractivity contribution is 7.99. The summed E-state index contributed by atoms with van der Waals surface area (Å²) in [5.74, 6) is 4.13. The molecule has 1 rings (SSSR count). The fraction of sp³-hybridized carbons (Fsp3) is 0.611. The molecule has 2 N–H and O–H groups in total. The molecule has 8 heteroatoms. The standard InChI is InChI=1S/C18H29NO5S2/c1-19-17-3-2-16(15-21)14-18(17)24-9-13-26-12-8-23-6-5-22-7-11-25-10-4-20/h2-3,14-15,19-20H,4-13H2,1H3. The van der Waals surface area contributed by atoms with Gasteiger partial charge in [-0.3, -0.25) is 4.79 Å². The number of rotatable bonds is 17. The summed E-state index contributed by atoms with van der Waals surface area (Å²) in [6.07, 6.45) is 0.816. The number of nitrogens with one attached hydrogen (secondary N) is 1. The zero-order valence-electron chi connectivity index (χ0n) is 15.3. The molecule has 0 bridgehead atoms. The van der Waals surface area contributed by atoms with E-state index in [2.05, 4.69) is 5.32 Å². The van der Waals surface area contributed by atoms with Crippen molar-refractivity contribution in [1.29, 1.82) is 0 Å². The van der Waals surface area contributed by atoms with E-state index in [9.17, 15) is 4.79 Å². The summed E-state index contributed by atoms with van der Waals surface area (Å²) in [5.41, 5.74) is 1.48. The van der Waals surface area contributed by atoms with E-state index < -0.39 is 0 Å². The number of aliphatic hydroxyl groups is 1. The zero-order chi connectivity index (χ0) is 18.9. The molecule has 0 unspecified atom stereocenters. The maximum Gasteiger partial charge on any atom is 0.150 e. The van der Waals surface area contributed by atoms with Gasteiger partial charge in [-0.05, 0) is 18.2 Å². The van der Waals surface area contributed by atoms with Crippen molar-refractivity contribution in [2.24, 2.45) is 0 Å². The molecule has 1 aromatic rings. The summed E-state index contributed by atoms with van der Waals surface area (Å²) >= 11 is 3.45. The summed E-state index contributed by atoms with van der Waals surface area (Å²) < 4.78 is 16.7. The van der Waals surface area contributed by atoms with Crippen molar-refractivity contribution in [2.75, 3.05) is 75.0 Å². The van der Waals surface area contributed by atoms with E-state index in [1.54, 1.807) is 35.7 Å². The molecule has 0 saturated heterocycles. The molecule has 26 heavy (non-hydrogen) atoms. The van der Waals surface area contributed by atoms with Gasteiger partial charge in [0, 0.05) is 35.6 Å². The molecule has 1 aromatic carbocycles. The van der Waals surface area contributed by atoms with E-state index in [1.807, 2.05) is 13.1 Å². The van der Waals surface area contributed by atoms with Crippen LogP contribution in [0.15, 0.2) is 18.2 Å². The van der Waals surface area contributed by atoms with Crippen LogP contribution in [0.2, 0.25) is 0 Å². The summed E-state index contributed by atoms with van der Waals surface area (Å²) in [4.78, 5) is 10.8. The van der Waals surface area contributed by atoms with Crippen LogP contribution in [0, 0.1) is 0 Å². The molecule has 6 nitrogen and oxygen atoms in total. The van der Waals surface area contributed by atoms with E-state index in [-0.39, 0.29) is 6.61 Å². The highest BCUT2D eigenvalue weighted by Crippen LogP contribution is 2.25. The summed E-state index contributed by atoms with van der Waals surface area (Å²) in [7, 11) is 1.83. The number of aliphatic hydroxyl groups excluding tert-OH is 1. The molecule has 0 aliphatic heterocycles. The number of carbonyl (C=O) groups is 1. The second-order valence-electron chi connectivity index (χ2n) is 5.15. The zero-order valence-corrected chi connectivity index (χ0v) is 16.9. The second-order valence-corrected chi connectivity index (χ2v) is 7.59. The normalized spacial score (nSPS) is 10.7. The average molecular weight is 404 g/mol. The Morgan fingerprint density at radius 1 is 1.00 bits per heavy atom. The van der Waals surface area contributed by atoms with Gasteiger partial charge in [0.15, 0.2) is 0 Å². The third-order valence-electron chi connectivity index (χ3n) is 3.25. The lowest BCUT2D eigenvalue weighted by atomic mass is 10.2. The second kappa shape index (κ2) is 16.3. The Hall–Kier alpha value is -0.930. The van der Waals surface area contributed by atoms with Gasteiger partial charge in [0.1, 0.15) is 12.0 Å². The predicted octanol–water partition coefficient (Wildman–Crippen LogP) is 2.41. The fourth-order valence-electron chi connectivity index (χ4n) is 1.98. The number of aldehydes is 1. The van der Waals surface area contributed by atoms with Crippen LogP contribution < -0.4 is 10.1 Å². The summed E-state index contributed by atoms with van der Waals surface area (Å²) in [5, 5.41) is 11.7. The number of thioether (sulfide) groups is 2. The van der Waals surface area contributed by atoms with Crippen molar-refractivity contribution in [2.45, 2.75) is 0 Å². The minimum absolute atomic E-state index is 0.221. The van der Waals surface area contributed by atoms with Crippen molar-refractivity contribution in [1.82, 2.24) is 0 Å². The number of benzene rings is 1. The van der Waals surface area contributed by atoms with E-state index in [0.717, 1.165) is 35.0 Å². The van der Waals surface area contributed by atoms with Crippen LogP contribution >= 0.6 is 23.5 Å². The highest BCUT2D eigenvalue weighted by atomic mass is 32.2. The van der Waals surface area contributed by atoms with Gasteiger partial charge in [-0.2, -0.15) is 23.5 Å². The first-order chi connectivity index (χ1) is 12.8. The Morgan fingerprint density at radius 3 is 2.27 bits per heavy atom. The number of ether oxygens (including phenoxy) is 3. The first-order valence-electron chi connectivity index (χ1n) is 8.63. The van der Waals surface area contributed by atoms with Crippen LogP contribution in [-0.2, 0) is 9.47 Å². The lowest BCUT2D eigenvalue weighted by molar-refractivity contribution is 0.0605. The molecule has 0 fully saturated rings. The first-order valence-corrected chi connectivity index (χ1v) is 10.9. The van der Waals surface area contributed by atoms with E-state index in [1.165, 1.54) is 0 Å². The van der Waals surface area contributed by atoms with Gasteiger partial charge in [0.25, 0.3) is 0 Å². The van der Waals surface area contributed by atoms with Crippen molar-refractivity contribution >= 4 is 35.5 Å². The summed E-state index contributed by atoms with van der Waals surface area (Å²) in [6.45, 7) is 3.39. The minimum atomic E-state index is 0.221. The van der Waals surface area contributed by atoms with Crippen LogP contribution in [0.4, 0.5) is 5.69 Å². The average Bonchev–Trinajstić information content (AvgIpc) is 2.68. The third-order valence-corrected chi connectivity index (χ3v) is 5.09. The lowest BCUT2D eigenvalue weighted by Gasteiger charge is -2.11. The van der Waals surface area contributed by atoms with Crippen LogP contribution in [0.25, 0.3) is 0 Å². The van der Waals surface area contributed by atoms with E-state index in [0.29, 0.717) is 44.3 Å².